The third kappa shape index (κ3) is 2.61. The maximum absolute atomic E-state index is 9.50. The van der Waals surface area contributed by atoms with Gasteiger partial charge in [0.05, 0.1) is 6.10 Å². The van der Waals surface area contributed by atoms with Gasteiger partial charge >= 0.3 is 0 Å². The molecule has 2 aliphatic rings. The first kappa shape index (κ1) is 11.2. The van der Waals surface area contributed by atoms with Crippen LogP contribution in [0.15, 0.2) is 11.6 Å². The molecule has 86 valence electrons. The molecule has 0 radical (unpaired) electrons. The van der Waals surface area contributed by atoms with Gasteiger partial charge in [0.25, 0.3) is 0 Å². The minimum absolute atomic E-state index is 0.0758. The summed E-state index contributed by atoms with van der Waals surface area (Å²) < 4.78 is 0. The fourth-order valence-corrected chi connectivity index (χ4v) is 2.96. The molecule has 1 fully saturated rings. The fourth-order valence-electron chi connectivity index (χ4n) is 2.96. The molecule has 3 atom stereocenters. The highest BCUT2D eigenvalue weighted by atomic mass is 16.3. The lowest BCUT2D eigenvalue weighted by Gasteiger charge is -2.32. The lowest BCUT2D eigenvalue weighted by Crippen LogP contribution is -2.33. The van der Waals surface area contributed by atoms with Gasteiger partial charge in [-0.05, 0) is 38.0 Å². The predicted molar refractivity (Wildman–Crippen MR) is 62.7 cm³/mol. The number of allylic oxidation sites excluding steroid dienone is 1. The number of hydrogen-bond acceptors (Lipinski definition) is 2. The van der Waals surface area contributed by atoms with Crippen molar-refractivity contribution < 1.29 is 5.11 Å². The van der Waals surface area contributed by atoms with Crippen molar-refractivity contribution in [1.29, 1.82) is 0 Å². The van der Waals surface area contributed by atoms with Crippen LogP contribution in [-0.2, 0) is 0 Å². The molecule has 0 aromatic rings. The zero-order chi connectivity index (χ0) is 10.8. The number of rotatable bonds is 2. The van der Waals surface area contributed by atoms with E-state index in [1.54, 1.807) is 5.57 Å². The largest absolute Gasteiger partial charge is 0.392 e. The van der Waals surface area contributed by atoms with Crippen LogP contribution in [0.4, 0.5) is 0 Å². The summed E-state index contributed by atoms with van der Waals surface area (Å²) in [6.45, 7) is 7.76. The quantitative estimate of drug-likeness (QED) is 0.704. The molecule has 1 aliphatic carbocycles. The number of β-amino-alcohol motifs (C(OH)–C–C–N with tert-alkyl or cyclic N) is 1. The van der Waals surface area contributed by atoms with Crippen molar-refractivity contribution in [3.63, 3.8) is 0 Å². The molecule has 0 aromatic carbocycles. The van der Waals surface area contributed by atoms with E-state index >= 15 is 0 Å². The molecular weight excluding hydrogens is 186 g/mol. The monoisotopic (exact) mass is 209 g/mol. The van der Waals surface area contributed by atoms with Crippen molar-refractivity contribution in [2.24, 2.45) is 11.8 Å². The summed E-state index contributed by atoms with van der Waals surface area (Å²) in [6.07, 6.45) is 5.87. The van der Waals surface area contributed by atoms with E-state index in [4.69, 9.17) is 0 Å². The molecule has 2 heteroatoms. The second-order valence-corrected chi connectivity index (χ2v) is 5.31. The smallest absolute Gasteiger partial charge is 0.0679 e. The van der Waals surface area contributed by atoms with E-state index in [1.165, 1.54) is 12.8 Å². The van der Waals surface area contributed by atoms with Crippen molar-refractivity contribution >= 4 is 0 Å². The van der Waals surface area contributed by atoms with E-state index < -0.39 is 0 Å². The van der Waals surface area contributed by atoms with Crippen LogP contribution < -0.4 is 0 Å². The second-order valence-electron chi connectivity index (χ2n) is 5.31. The first-order valence-electron chi connectivity index (χ1n) is 6.24. The van der Waals surface area contributed by atoms with Gasteiger partial charge in [-0.3, -0.25) is 0 Å². The third-order valence-electron chi connectivity index (χ3n) is 4.06. The van der Waals surface area contributed by atoms with E-state index in [1.807, 2.05) is 0 Å². The molecule has 2 nitrogen and oxygen atoms in total. The second kappa shape index (κ2) is 4.67. The molecule has 0 unspecified atom stereocenters. The van der Waals surface area contributed by atoms with Crippen LogP contribution in [0.1, 0.15) is 33.1 Å². The normalized spacial score (nSPS) is 38.1. The Bertz CT molecular complexity index is 249. The standard InChI is InChI=1S/C13H23NO/c1-10-4-3-5-11(2)13(10)9-14-7-6-12(15)8-14/h4,11-13,15H,3,5-9H2,1-2H3/t11-,12+,13-/m0/s1. The molecule has 1 saturated heterocycles. The van der Waals surface area contributed by atoms with Crippen LogP contribution in [-0.4, -0.2) is 35.7 Å². The minimum Gasteiger partial charge on any atom is -0.392 e. The summed E-state index contributed by atoms with van der Waals surface area (Å²) in [5.74, 6) is 1.54. The van der Waals surface area contributed by atoms with Gasteiger partial charge in [0, 0.05) is 19.6 Å². The van der Waals surface area contributed by atoms with Crippen LogP contribution in [0.5, 0.6) is 0 Å². The molecule has 0 aromatic heterocycles. The number of likely N-dealkylation sites (tertiary alicyclic amines) is 1. The maximum atomic E-state index is 9.50. The van der Waals surface area contributed by atoms with Gasteiger partial charge in [-0.1, -0.05) is 18.6 Å². The molecule has 15 heavy (non-hydrogen) atoms. The average Bonchev–Trinajstić information content (AvgIpc) is 2.58. The average molecular weight is 209 g/mol. The molecule has 0 saturated carbocycles. The Morgan fingerprint density at radius 1 is 1.47 bits per heavy atom. The van der Waals surface area contributed by atoms with Crippen LogP contribution >= 0.6 is 0 Å². The molecule has 1 aliphatic heterocycles. The van der Waals surface area contributed by atoms with Crippen LogP contribution in [0, 0.1) is 11.8 Å². The lowest BCUT2D eigenvalue weighted by atomic mass is 9.80. The Morgan fingerprint density at radius 2 is 2.27 bits per heavy atom. The number of nitrogens with zero attached hydrogens (tertiary/aromatic N) is 1. The molecule has 1 heterocycles. The van der Waals surface area contributed by atoms with E-state index in [2.05, 4.69) is 24.8 Å². The lowest BCUT2D eigenvalue weighted by molar-refractivity contribution is 0.165. The van der Waals surface area contributed by atoms with E-state index in [0.717, 1.165) is 37.9 Å². The molecule has 0 amide bonds. The van der Waals surface area contributed by atoms with Crippen molar-refractivity contribution in [3.05, 3.63) is 11.6 Å². The first-order chi connectivity index (χ1) is 7.16. The number of aliphatic hydroxyl groups excluding tert-OH is 1. The summed E-state index contributed by atoms with van der Waals surface area (Å²) in [4.78, 5) is 2.43. The van der Waals surface area contributed by atoms with Gasteiger partial charge in [-0.2, -0.15) is 0 Å². The highest BCUT2D eigenvalue weighted by Crippen LogP contribution is 2.31. The van der Waals surface area contributed by atoms with Crippen molar-refractivity contribution in [2.75, 3.05) is 19.6 Å². The highest BCUT2D eigenvalue weighted by Gasteiger charge is 2.27. The van der Waals surface area contributed by atoms with Crippen molar-refractivity contribution in [1.82, 2.24) is 4.90 Å². The van der Waals surface area contributed by atoms with E-state index in [-0.39, 0.29) is 6.10 Å². The van der Waals surface area contributed by atoms with Crippen LogP contribution in [0.3, 0.4) is 0 Å². The Balaban J connectivity index is 1.92. The molecule has 0 bridgehead atoms. The van der Waals surface area contributed by atoms with Gasteiger partial charge in [0.1, 0.15) is 0 Å². The van der Waals surface area contributed by atoms with Crippen LogP contribution in [0.2, 0.25) is 0 Å². The van der Waals surface area contributed by atoms with E-state index in [0.29, 0.717) is 0 Å². The molecule has 1 N–H and O–H groups in total. The van der Waals surface area contributed by atoms with E-state index in [9.17, 15) is 5.11 Å². The van der Waals surface area contributed by atoms with Crippen LogP contribution in [0.25, 0.3) is 0 Å². The Hall–Kier alpha value is -0.340. The van der Waals surface area contributed by atoms with Gasteiger partial charge in [-0.25, -0.2) is 0 Å². The zero-order valence-electron chi connectivity index (χ0n) is 9.95. The van der Waals surface area contributed by atoms with Gasteiger partial charge in [0.2, 0.25) is 0 Å². The van der Waals surface area contributed by atoms with Gasteiger partial charge in [-0.15, -0.1) is 0 Å². The first-order valence-corrected chi connectivity index (χ1v) is 6.24. The SMILES string of the molecule is CC1=CCC[C@H](C)[C@H]1CN1CC[C@@H](O)C1. The Labute approximate surface area is 93.0 Å². The minimum atomic E-state index is -0.0758. The third-order valence-corrected chi connectivity index (χ3v) is 4.06. The number of aliphatic hydroxyl groups is 1. The van der Waals surface area contributed by atoms with Gasteiger partial charge in [0.15, 0.2) is 0 Å². The van der Waals surface area contributed by atoms with Crippen molar-refractivity contribution in [2.45, 2.75) is 39.2 Å². The summed E-state index contributed by atoms with van der Waals surface area (Å²) in [7, 11) is 0. The maximum Gasteiger partial charge on any atom is 0.0679 e. The summed E-state index contributed by atoms with van der Waals surface area (Å²) >= 11 is 0. The fraction of sp³-hybridized carbons (Fsp3) is 0.846. The zero-order valence-corrected chi connectivity index (χ0v) is 9.95. The number of hydrogen-bond donors (Lipinski definition) is 1. The summed E-state index contributed by atoms with van der Waals surface area (Å²) in [5, 5.41) is 9.50. The molecule has 2 rings (SSSR count). The highest BCUT2D eigenvalue weighted by molar-refractivity contribution is 5.09. The summed E-state index contributed by atoms with van der Waals surface area (Å²) in [5.41, 5.74) is 1.56. The van der Waals surface area contributed by atoms with Gasteiger partial charge < -0.3 is 10.0 Å². The Morgan fingerprint density at radius 3 is 2.87 bits per heavy atom. The predicted octanol–water partition coefficient (Wildman–Crippen LogP) is 2.05. The molecular formula is C13H23NO. The van der Waals surface area contributed by atoms with Crippen molar-refractivity contribution in [3.8, 4) is 0 Å². The topological polar surface area (TPSA) is 23.5 Å². The molecule has 0 spiro atoms. The Kier molecular flexibility index (Phi) is 3.47. The summed E-state index contributed by atoms with van der Waals surface area (Å²) in [6, 6.07) is 0.